The standard InChI is InChI=1S/C20H31ClN4O3S/c1-2-15-29(27,28)25-13-11-24(12-14-25)20(10-6-9-17(20)21)19(22)23-18(26)16-7-4-3-5-8-16/h3-5,7-8,17,19H,2,6,9-15,22H2,1H3,(H,23,26). The van der Waals surface area contributed by atoms with Gasteiger partial charge in [0.05, 0.1) is 22.8 Å². The molecule has 0 aromatic heterocycles. The Morgan fingerprint density at radius 3 is 2.48 bits per heavy atom. The number of carbonyl (C=O) groups excluding carboxylic acids is 1. The van der Waals surface area contributed by atoms with Crippen LogP contribution in [0.4, 0.5) is 0 Å². The van der Waals surface area contributed by atoms with E-state index in [0.29, 0.717) is 38.2 Å². The highest BCUT2D eigenvalue weighted by Crippen LogP contribution is 2.41. The highest BCUT2D eigenvalue weighted by Gasteiger charge is 2.52. The second-order valence-corrected chi connectivity index (χ2v) is 10.5. The molecular formula is C20H31ClN4O3S. The van der Waals surface area contributed by atoms with Crippen LogP contribution in [-0.4, -0.2) is 72.5 Å². The second kappa shape index (κ2) is 9.31. The highest BCUT2D eigenvalue weighted by atomic mass is 35.5. The van der Waals surface area contributed by atoms with E-state index < -0.39 is 21.7 Å². The monoisotopic (exact) mass is 442 g/mol. The first-order valence-electron chi connectivity index (χ1n) is 10.3. The fourth-order valence-electron chi connectivity index (χ4n) is 4.58. The molecule has 1 aromatic rings. The van der Waals surface area contributed by atoms with Gasteiger partial charge in [0.15, 0.2) is 0 Å². The summed E-state index contributed by atoms with van der Waals surface area (Å²) in [7, 11) is -3.22. The lowest BCUT2D eigenvalue weighted by Crippen LogP contribution is -2.71. The highest BCUT2D eigenvalue weighted by molar-refractivity contribution is 7.89. The summed E-state index contributed by atoms with van der Waals surface area (Å²) in [6, 6.07) is 8.98. The quantitative estimate of drug-likeness (QED) is 0.493. The SMILES string of the molecule is CCCS(=O)(=O)N1CCN(C2(C(N)NC(=O)c3ccccc3)CCCC2Cl)CC1. The van der Waals surface area contributed by atoms with Crippen molar-refractivity contribution in [3.8, 4) is 0 Å². The molecule has 1 amide bonds. The van der Waals surface area contributed by atoms with Gasteiger partial charge in [0.1, 0.15) is 0 Å². The molecule has 1 aliphatic heterocycles. The van der Waals surface area contributed by atoms with Gasteiger partial charge in [0.2, 0.25) is 10.0 Å². The third-order valence-electron chi connectivity index (χ3n) is 6.12. The van der Waals surface area contributed by atoms with Gasteiger partial charge in [-0.1, -0.05) is 25.1 Å². The first-order chi connectivity index (χ1) is 13.8. The molecule has 1 aliphatic carbocycles. The third-order valence-corrected chi connectivity index (χ3v) is 8.79. The van der Waals surface area contributed by atoms with E-state index in [-0.39, 0.29) is 17.0 Å². The summed E-state index contributed by atoms with van der Waals surface area (Å²) in [5, 5.41) is 2.75. The molecule has 0 radical (unpaired) electrons. The number of alkyl halides is 1. The number of benzene rings is 1. The minimum absolute atomic E-state index is 0.170. The zero-order chi connectivity index (χ0) is 21.1. The molecule has 3 N–H and O–H groups in total. The Bertz CT molecular complexity index is 799. The van der Waals surface area contributed by atoms with Gasteiger partial charge in [-0.25, -0.2) is 8.42 Å². The van der Waals surface area contributed by atoms with Gasteiger partial charge >= 0.3 is 0 Å². The molecule has 3 rings (SSSR count). The van der Waals surface area contributed by atoms with E-state index in [4.69, 9.17) is 17.3 Å². The summed E-state index contributed by atoms with van der Waals surface area (Å²) in [5.74, 6) is -0.0551. The minimum Gasteiger partial charge on any atom is -0.335 e. The van der Waals surface area contributed by atoms with Crippen LogP contribution in [0.2, 0.25) is 0 Å². The Morgan fingerprint density at radius 1 is 1.28 bits per heavy atom. The number of piperazine rings is 1. The molecule has 7 nitrogen and oxygen atoms in total. The van der Waals surface area contributed by atoms with E-state index >= 15 is 0 Å². The van der Waals surface area contributed by atoms with Crippen LogP contribution in [0.15, 0.2) is 30.3 Å². The van der Waals surface area contributed by atoms with Gasteiger partial charge in [0, 0.05) is 31.7 Å². The van der Waals surface area contributed by atoms with E-state index in [2.05, 4.69) is 10.2 Å². The van der Waals surface area contributed by atoms with E-state index in [1.165, 1.54) is 0 Å². The molecule has 0 bridgehead atoms. The first-order valence-corrected chi connectivity index (χ1v) is 12.3. The van der Waals surface area contributed by atoms with Crippen LogP contribution in [0.3, 0.4) is 0 Å². The average molecular weight is 443 g/mol. The molecule has 29 heavy (non-hydrogen) atoms. The van der Waals surface area contributed by atoms with Crippen molar-refractivity contribution in [2.24, 2.45) is 5.73 Å². The van der Waals surface area contributed by atoms with Crippen molar-refractivity contribution < 1.29 is 13.2 Å². The van der Waals surface area contributed by atoms with Gasteiger partial charge in [0.25, 0.3) is 5.91 Å². The molecule has 3 unspecified atom stereocenters. The average Bonchev–Trinajstić information content (AvgIpc) is 3.11. The molecule has 3 atom stereocenters. The van der Waals surface area contributed by atoms with Crippen molar-refractivity contribution in [3.63, 3.8) is 0 Å². The summed E-state index contributed by atoms with van der Waals surface area (Å²) < 4.78 is 26.3. The smallest absolute Gasteiger partial charge is 0.252 e. The zero-order valence-electron chi connectivity index (χ0n) is 16.9. The van der Waals surface area contributed by atoms with Crippen LogP contribution in [0, 0.1) is 0 Å². The van der Waals surface area contributed by atoms with Crippen LogP contribution in [0.25, 0.3) is 0 Å². The summed E-state index contributed by atoms with van der Waals surface area (Å²) in [6.45, 7) is 3.83. The number of nitrogens with two attached hydrogens (primary N) is 1. The number of hydrogen-bond donors (Lipinski definition) is 2. The largest absolute Gasteiger partial charge is 0.335 e. The van der Waals surface area contributed by atoms with E-state index in [9.17, 15) is 13.2 Å². The molecule has 1 heterocycles. The van der Waals surface area contributed by atoms with Crippen LogP contribution in [0.5, 0.6) is 0 Å². The number of sulfonamides is 1. The van der Waals surface area contributed by atoms with Crippen LogP contribution < -0.4 is 11.1 Å². The maximum Gasteiger partial charge on any atom is 0.252 e. The van der Waals surface area contributed by atoms with Gasteiger partial charge in [-0.15, -0.1) is 11.6 Å². The summed E-state index contributed by atoms with van der Waals surface area (Å²) in [5.41, 5.74) is 6.53. The predicted molar refractivity (Wildman–Crippen MR) is 115 cm³/mol. The van der Waals surface area contributed by atoms with Crippen molar-refractivity contribution in [2.45, 2.75) is 49.7 Å². The van der Waals surface area contributed by atoms with E-state index in [1.807, 2.05) is 25.1 Å². The Balaban J connectivity index is 1.74. The van der Waals surface area contributed by atoms with Crippen molar-refractivity contribution in [3.05, 3.63) is 35.9 Å². The topological polar surface area (TPSA) is 95.7 Å². The lowest BCUT2D eigenvalue weighted by Gasteiger charge is -2.50. The number of nitrogens with one attached hydrogen (secondary N) is 1. The van der Waals surface area contributed by atoms with Crippen LogP contribution in [0.1, 0.15) is 43.0 Å². The van der Waals surface area contributed by atoms with Crippen molar-refractivity contribution in [1.29, 1.82) is 0 Å². The molecule has 9 heteroatoms. The zero-order valence-corrected chi connectivity index (χ0v) is 18.5. The number of amides is 1. The van der Waals surface area contributed by atoms with Crippen molar-refractivity contribution in [2.75, 3.05) is 31.9 Å². The summed E-state index contributed by atoms with van der Waals surface area (Å²) in [4.78, 5) is 14.9. The van der Waals surface area contributed by atoms with Crippen molar-refractivity contribution in [1.82, 2.24) is 14.5 Å². The predicted octanol–water partition coefficient (Wildman–Crippen LogP) is 1.59. The molecular weight excluding hydrogens is 412 g/mol. The maximum atomic E-state index is 12.7. The summed E-state index contributed by atoms with van der Waals surface area (Å²) >= 11 is 6.76. The maximum absolute atomic E-state index is 12.7. The second-order valence-electron chi connectivity index (χ2n) is 7.87. The molecule has 1 saturated heterocycles. The fraction of sp³-hybridized carbons (Fsp3) is 0.650. The van der Waals surface area contributed by atoms with Crippen LogP contribution in [-0.2, 0) is 10.0 Å². The van der Waals surface area contributed by atoms with Gasteiger partial charge < -0.3 is 11.1 Å². The van der Waals surface area contributed by atoms with Crippen LogP contribution >= 0.6 is 11.6 Å². The normalized spacial score (nSPS) is 27.6. The molecule has 2 aliphatic rings. The number of rotatable bonds is 7. The van der Waals surface area contributed by atoms with E-state index in [1.54, 1.807) is 16.4 Å². The minimum atomic E-state index is -3.22. The first kappa shape index (κ1) is 22.5. The Kier molecular flexibility index (Phi) is 7.22. The molecule has 2 fully saturated rings. The Morgan fingerprint density at radius 2 is 1.93 bits per heavy atom. The number of carbonyl (C=O) groups is 1. The lowest BCUT2D eigenvalue weighted by atomic mass is 9.89. The van der Waals surface area contributed by atoms with Crippen molar-refractivity contribution >= 4 is 27.5 Å². The van der Waals surface area contributed by atoms with Gasteiger partial charge in [-0.3, -0.25) is 9.69 Å². The Labute approximate surface area is 178 Å². The number of nitrogens with zero attached hydrogens (tertiary/aromatic N) is 2. The molecule has 1 aromatic carbocycles. The van der Waals surface area contributed by atoms with E-state index in [0.717, 1.165) is 19.3 Å². The Hall–Kier alpha value is -1.19. The lowest BCUT2D eigenvalue weighted by molar-refractivity contribution is 0.0300. The molecule has 1 saturated carbocycles. The third kappa shape index (κ3) is 4.61. The number of hydrogen-bond acceptors (Lipinski definition) is 5. The van der Waals surface area contributed by atoms with Gasteiger partial charge in [-0.2, -0.15) is 4.31 Å². The fourth-order valence-corrected chi connectivity index (χ4v) is 6.61. The number of halogens is 1. The van der Waals surface area contributed by atoms with Gasteiger partial charge in [-0.05, 0) is 37.8 Å². The molecule has 162 valence electrons. The molecule has 0 spiro atoms. The summed E-state index contributed by atoms with van der Waals surface area (Å²) in [6.07, 6.45) is 2.49.